The number of phenols is 1. The van der Waals surface area contributed by atoms with Crippen LogP contribution in [0.2, 0.25) is 0 Å². The van der Waals surface area contributed by atoms with Gasteiger partial charge in [-0.05, 0) is 18.2 Å². The molecule has 5 nitrogen and oxygen atoms in total. The molecule has 5 heteroatoms. The third kappa shape index (κ3) is 1.44. The summed E-state index contributed by atoms with van der Waals surface area (Å²) in [6.45, 7) is 0. The molecule has 0 unspecified atom stereocenters. The second kappa shape index (κ2) is 3.28. The number of rotatable bonds is 1. The maximum Gasteiger partial charge on any atom is 0.145 e. The van der Waals surface area contributed by atoms with Crippen molar-refractivity contribution in [2.75, 3.05) is 5.73 Å². The second-order valence-electron chi connectivity index (χ2n) is 4.04. The molecule has 2 heterocycles. The van der Waals surface area contributed by atoms with Gasteiger partial charge in [0.2, 0.25) is 0 Å². The van der Waals surface area contributed by atoms with Crippen LogP contribution in [0.25, 0.3) is 22.3 Å². The summed E-state index contributed by atoms with van der Waals surface area (Å²) in [5.74, 6) is 0.725. The number of aromatic hydroxyl groups is 1. The molecule has 0 aliphatic rings. The van der Waals surface area contributed by atoms with Crippen molar-refractivity contribution < 1.29 is 5.11 Å². The number of aromatic nitrogens is 3. The predicted octanol–water partition coefficient (Wildman–Crippen LogP) is 1.86. The molecule has 0 saturated carbocycles. The molecule has 2 aromatic heterocycles. The van der Waals surface area contributed by atoms with Gasteiger partial charge in [-0.3, -0.25) is 5.10 Å². The molecule has 86 valence electrons. The average Bonchev–Trinajstić information content (AvgIpc) is 2.84. The van der Waals surface area contributed by atoms with E-state index in [0.29, 0.717) is 5.82 Å². The Hall–Kier alpha value is -2.43. The van der Waals surface area contributed by atoms with Crippen molar-refractivity contribution in [3.05, 3.63) is 30.3 Å². The summed E-state index contributed by atoms with van der Waals surface area (Å²) in [7, 11) is 1.94. The second-order valence-corrected chi connectivity index (χ2v) is 4.04. The molecule has 0 amide bonds. The molecule has 0 spiro atoms. The van der Waals surface area contributed by atoms with Crippen LogP contribution in [0.1, 0.15) is 0 Å². The fourth-order valence-corrected chi connectivity index (χ4v) is 2.05. The number of nitrogens with zero attached hydrogens (tertiary/aromatic N) is 2. The zero-order chi connectivity index (χ0) is 12.0. The Balaban J connectivity index is 2.27. The van der Waals surface area contributed by atoms with E-state index in [1.807, 2.05) is 23.7 Å². The van der Waals surface area contributed by atoms with Crippen LogP contribution < -0.4 is 5.73 Å². The fourth-order valence-electron chi connectivity index (χ4n) is 2.05. The van der Waals surface area contributed by atoms with Crippen LogP contribution in [0.15, 0.2) is 30.3 Å². The van der Waals surface area contributed by atoms with Crippen LogP contribution in [0.5, 0.6) is 5.75 Å². The fraction of sp³-hybridized carbons (Fsp3) is 0.0833. The molecule has 3 aromatic rings. The predicted molar refractivity (Wildman–Crippen MR) is 66.6 cm³/mol. The number of anilines is 1. The van der Waals surface area contributed by atoms with E-state index in [1.165, 1.54) is 0 Å². The first kappa shape index (κ1) is 9.77. The van der Waals surface area contributed by atoms with E-state index < -0.39 is 0 Å². The van der Waals surface area contributed by atoms with Gasteiger partial charge in [-0.15, -0.1) is 0 Å². The quantitative estimate of drug-likeness (QED) is 0.594. The molecule has 0 saturated heterocycles. The zero-order valence-corrected chi connectivity index (χ0v) is 9.31. The zero-order valence-electron chi connectivity index (χ0n) is 9.31. The normalized spacial score (nSPS) is 11.1. The van der Waals surface area contributed by atoms with Crippen molar-refractivity contribution in [3.63, 3.8) is 0 Å². The Morgan fingerprint density at radius 3 is 2.82 bits per heavy atom. The lowest BCUT2D eigenvalue weighted by Gasteiger charge is -2.01. The van der Waals surface area contributed by atoms with Gasteiger partial charge in [0.15, 0.2) is 0 Å². The molecule has 17 heavy (non-hydrogen) atoms. The monoisotopic (exact) mass is 228 g/mol. The van der Waals surface area contributed by atoms with Crippen molar-refractivity contribution in [1.29, 1.82) is 0 Å². The maximum absolute atomic E-state index is 9.49. The summed E-state index contributed by atoms with van der Waals surface area (Å²) in [4.78, 5) is 0. The van der Waals surface area contributed by atoms with Gasteiger partial charge >= 0.3 is 0 Å². The standard InChI is InChI=1S/C12H12N4O/c1-16-10-5-8(17)3-2-7(10)4-11(16)9-6-12(13)15-14-9/h2-6,17H,1H3,(H3,13,14,15). The highest BCUT2D eigenvalue weighted by Gasteiger charge is 2.10. The molecule has 0 fully saturated rings. The van der Waals surface area contributed by atoms with Crippen LogP contribution >= 0.6 is 0 Å². The van der Waals surface area contributed by atoms with Crippen LogP contribution in [-0.2, 0) is 7.05 Å². The van der Waals surface area contributed by atoms with E-state index in [4.69, 9.17) is 5.73 Å². The molecule has 0 radical (unpaired) electrons. The lowest BCUT2D eigenvalue weighted by atomic mass is 10.2. The molecule has 4 N–H and O–H groups in total. The number of benzene rings is 1. The van der Waals surface area contributed by atoms with Crippen molar-refractivity contribution in [3.8, 4) is 17.1 Å². The highest BCUT2D eigenvalue weighted by atomic mass is 16.3. The van der Waals surface area contributed by atoms with Gasteiger partial charge in [0.1, 0.15) is 11.6 Å². The van der Waals surface area contributed by atoms with E-state index in [0.717, 1.165) is 22.3 Å². The highest BCUT2D eigenvalue weighted by Crippen LogP contribution is 2.28. The number of hydrogen-bond acceptors (Lipinski definition) is 3. The Bertz CT molecular complexity index is 696. The number of nitrogens with two attached hydrogens (primary N) is 1. The van der Waals surface area contributed by atoms with Gasteiger partial charge in [0, 0.05) is 24.6 Å². The smallest absolute Gasteiger partial charge is 0.145 e. The molecule has 1 aromatic carbocycles. The summed E-state index contributed by atoms with van der Waals surface area (Å²) in [6, 6.07) is 9.11. The summed E-state index contributed by atoms with van der Waals surface area (Å²) in [6.07, 6.45) is 0. The Morgan fingerprint density at radius 1 is 1.29 bits per heavy atom. The van der Waals surface area contributed by atoms with Gasteiger partial charge in [-0.2, -0.15) is 5.10 Å². The topological polar surface area (TPSA) is 79.9 Å². The van der Waals surface area contributed by atoms with E-state index in [1.54, 1.807) is 18.2 Å². The van der Waals surface area contributed by atoms with Crippen LogP contribution in [0.4, 0.5) is 5.82 Å². The first-order valence-corrected chi connectivity index (χ1v) is 5.25. The van der Waals surface area contributed by atoms with Gasteiger partial charge in [-0.1, -0.05) is 0 Å². The lowest BCUT2D eigenvalue weighted by Crippen LogP contribution is -1.91. The van der Waals surface area contributed by atoms with Crippen LogP contribution in [0.3, 0.4) is 0 Å². The van der Waals surface area contributed by atoms with Crippen molar-refractivity contribution in [1.82, 2.24) is 14.8 Å². The van der Waals surface area contributed by atoms with Gasteiger partial charge < -0.3 is 15.4 Å². The minimum atomic E-state index is 0.259. The Labute approximate surface area is 97.5 Å². The summed E-state index contributed by atoms with van der Waals surface area (Å²) >= 11 is 0. The minimum absolute atomic E-state index is 0.259. The number of hydrogen-bond donors (Lipinski definition) is 3. The number of aromatic amines is 1. The third-order valence-corrected chi connectivity index (χ3v) is 2.90. The highest BCUT2D eigenvalue weighted by molar-refractivity contribution is 5.87. The molecule has 0 aliphatic carbocycles. The Kier molecular flexibility index (Phi) is 1.89. The van der Waals surface area contributed by atoms with Gasteiger partial charge in [0.05, 0.1) is 16.9 Å². The lowest BCUT2D eigenvalue weighted by molar-refractivity contribution is 0.476. The third-order valence-electron chi connectivity index (χ3n) is 2.90. The van der Waals surface area contributed by atoms with Crippen molar-refractivity contribution in [2.45, 2.75) is 0 Å². The number of fused-ring (bicyclic) bond motifs is 1. The van der Waals surface area contributed by atoms with Crippen LogP contribution in [0, 0.1) is 0 Å². The molecular formula is C12H12N4O. The van der Waals surface area contributed by atoms with Gasteiger partial charge in [0.25, 0.3) is 0 Å². The maximum atomic E-state index is 9.49. The summed E-state index contributed by atoms with van der Waals surface area (Å²) in [5, 5.41) is 17.3. The minimum Gasteiger partial charge on any atom is -0.508 e. The van der Waals surface area contributed by atoms with Crippen molar-refractivity contribution in [2.24, 2.45) is 7.05 Å². The van der Waals surface area contributed by atoms with Gasteiger partial charge in [-0.25, -0.2) is 0 Å². The Morgan fingerprint density at radius 2 is 2.12 bits per heavy atom. The number of H-pyrrole nitrogens is 1. The van der Waals surface area contributed by atoms with E-state index >= 15 is 0 Å². The SMILES string of the molecule is Cn1c(-c2cc(N)n[nH]2)cc2ccc(O)cc21. The summed E-state index contributed by atoms with van der Waals surface area (Å²) in [5.41, 5.74) is 8.40. The number of aryl methyl sites for hydroxylation is 1. The van der Waals surface area contributed by atoms with Crippen LogP contribution in [-0.4, -0.2) is 19.9 Å². The number of nitrogens with one attached hydrogen (secondary N) is 1. The number of nitrogen functional groups attached to an aromatic ring is 1. The molecule has 0 bridgehead atoms. The van der Waals surface area contributed by atoms with Crippen molar-refractivity contribution >= 4 is 16.7 Å². The first-order valence-electron chi connectivity index (χ1n) is 5.25. The average molecular weight is 228 g/mol. The molecule has 3 rings (SSSR count). The first-order chi connectivity index (χ1) is 8.15. The molecular weight excluding hydrogens is 216 g/mol. The number of phenolic OH excluding ortho intramolecular Hbond substituents is 1. The van der Waals surface area contributed by atoms with E-state index in [2.05, 4.69) is 10.2 Å². The largest absolute Gasteiger partial charge is 0.508 e. The summed E-state index contributed by atoms with van der Waals surface area (Å²) < 4.78 is 1.99. The molecule has 0 atom stereocenters. The molecule has 0 aliphatic heterocycles. The van der Waals surface area contributed by atoms with E-state index in [-0.39, 0.29) is 5.75 Å². The van der Waals surface area contributed by atoms with E-state index in [9.17, 15) is 5.11 Å².